The summed E-state index contributed by atoms with van der Waals surface area (Å²) in [6.07, 6.45) is 1.84. The van der Waals surface area contributed by atoms with Gasteiger partial charge in [0.25, 0.3) is 0 Å². The van der Waals surface area contributed by atoms with Gasteiger partial charge in [-0.15, -0.1) is 0 Å². The SMILES string of the molecule is CCC(NCCCC(=O)O)c1ccc(OC)cc1. The molecular formula is C14H21NO3. The van der Waals surface area contributed by atoms with Crippen molar-refractivity contribution in [1.29, 1.82) is 0 Å². The molecule has 18 heavy (non-hydrogen) atoms. The van der Waals surface area contributed by atoms with Gasteiger partial charge in [-0.2, -0.15) is 0 Å². The average Bonchev–Trinajstić information content (AvgIpc) is 2.39. The van der Waals surface area contributed by atoms with Gasteiger partial charge in [0.05, 0.1) is 7.11 Å². The Morgan fingerprint density at radius 2 is 2.06 bits per heavy atom. The van der Waals surface area contributed by atoms with E-state index in [1.54, 1.807) is 7.11 Å². The molecule has 0 saturated heterocycles. The van der Waals surface area contributed by atoms with Crippen molar-refractivity contribution in [3.8, 4) is 5.75 Å². The van der Waals surface area contributed by atoms with Crippen molar-refractivity contribution in [1.82, 2.24) is 5.32 Å². The highest BCUT2D eigenvalue weighted by Crippen LogP contribution is 2.19. The number of carboxylic acids is 1. The van der Waals surface area contributed by atoms with Crippen LogP contribution in [0.15, 0.2) is 24.3 Å². The number of hydrogen-bond donors (Lipinski definition) is 2. The molecule has 0 amide bonds. The molecule has 0 heterocycles. The van der Waals surface area contributed by atoms with Crippen molar-refractivity contribution in [2.45, 2.75) is 32.2 Å². The number of nitrogens with one attached hydrogen (secondary N) is 1. The minimum Gasteiger partial charge on any atom is -0.497 e. The third-order valence-electron chi connectivity index (χ3n) is 2.88. The number of carboxylic acid groups (broad SMARTS) is 1. The first-order valence-corrected chi connectivity index (χ1v) is 6.26. The normalized spacial score (nSPS) is 12.1. The van der Waals surface area contributed by atoms with E-state index in [1.807, 2.05) is 24.3 Å². The molecule has 0 aromatic heterocycles. The van der Waals surface area contributed by atoms with Crippen molar-refractivity contribution in [3.05, 3.63) is 29.8 Å². The van der Waals surface area contributed by atoms with Crippen molar-refractivity contribution >= 4 is 5.97 Å². The van der Waals surface area contributed by atoms with Crippen LogP contribution in [0.2, 0.25) is 0 Å². The highest BCUT2D eigenvalue weighted by Gasteiger charge is 2.08. The molecule has 0 aliphatic carbocycles. The van der Waals surface area contributed by atoms with E-state index >= 15 is 0 Å². The molecule has 0 aliphatic heterocycles. The third-order valence-corrected chi connectivity index (χ3v) is 2.88. The summed E-state index contributed by atoms with van der Waals surface area (Å²) >= 11 is 0. The van der Waals surface area contributed by atoms with E-state index in [0.29, 0.717) is 6.42 Å². The molecule has 100 valence electrons. The van der Waals surface area contributed by atoms with Crippen LogP contribution < -0.4 is 10.1 Å². The second-order valence-electron chi connectivity index (χ2n) is 4.19. The Labute approximate surface area is 108 Å². The van der Waals surface area contributed by atoms with Gasteiger partial charge in [0.15, 0.2) is 0 Å². The minimum atomic E-state index is -0.741. The van der Waals surface area contributed by atoms with E-state index in [0.717, 1.165) is 18.7 Å². The highest BCUT2D eigenvalue weighted by atomic mass is 16.5. The molecule has 0 aliphatic rings. The molecule has 1 aromatic rings. The Morgan fingerprint density at radius 3 is 2.56 bits per heavy atom. The van der Waals surface area contributed by atoms with E-state index in [2.05, 4.69) is 12.2 Å². The van der Waals surface area contributed by atoms with Crippen LogP contribution in [0.25, 0.3) is 0 Å². The summed E-state index contributed by atoms with van der Waals surface area (Å²) in [6, 6.07) is 8.23. The number of benzene rings is 1. The second kappa shape index (κ2) is 7.71. The molecule has 2 N–H and O–H groups in total. The number of ether oxygens (including phenoxy) is 1. The molecular weight excluding hydrogens is 230 g/mol. The predicted molar refractivity (Wildman–Crippen MR) is 70.9 cm³/mol. The van der Waals surface area contributed by atoms with E-state index in [1.165, 1.54) is 5.56 Å². The highest BCUT2D eigenvalue weighted by molar-refractivity contribution is 5.66. The standard InChI is InChI=1S/C14H21NO3/c1-3-13(15-10-4-5-14(16)17)11-6-8-12(18-2)9-7-11/h6-9,13,15H,3-5,10H2,1-2H3,(H,16,17). The fraction of sp³-hybridized carbons (Fsp3) is 0.500. The lowest BCUT2D eigenvalue weighted by atomic mass is 10.0. The molecule has 0 saturated carbocycles. The van der Waals surface area contributed by atoms with Crippen molar-refractivity contribution in [2.24, 2.45) is 0 Å². The van der Waals surface area contributed by atoms with E-state index < -0.39 is 5.97 Å². The molecule has 1 unspecified atom stereocenters. The molecule has 0 bridgehead atoms. The molecule has 1 atom stereocenters. The molecule has 0 spiro atoms. The van der Waals surface area contributed by atoms with Crippen molar-refractivity contribution in [2.75, 3.05) is 13.7 Å². The van der Waals surface area contributed by atoms with Crippen molar-refractivity contribution in [3.63, 3.8) is 0 Å². The van der Waals surface area contributed by atoms with E-state index in [9.17, 15) is 4.79 Å². The zero-order valence-electron chi connectivity index (χ0n) is 11.0. The Balaban J connectivity index is 2.46. The monoisotopic (exact) mass is 251 g/mol. The first-order valence-electron chi connectivity index (χ1n) is 6.26. The summed E-state index contributed by atoms with van der Waals surface area (Å²) in [7, 11) is 1.65. The van der Waals surface area contributed by atoms with Crippen LogP contribution in [-0.2, 0) is 4.79 Å². The van der Waals surface area contributed by atoms with Crippen LogP contribution in [0.1, 0.15) is 37.8 Å². The Morgan fingerprint density at radius 1 is 1.39 bits per heavy atom. The van der Waals surface area contributed by atoms with Gasteiger partial charge in [-0.3, -0.25) is 4.79 Å². The van der Waals surface area contributed by atoms with Gasteiger partial charge in [-0.25, -0.2) is 0 Å². The predicted octanol–water partition coefficient (Wildman–Crippen LogP) is 2.60. The Bertz CT molecular complexity index is 362. The topological polar surface area (TPSA) is 58.6 Å². The van der Waals surface area contributed by atoms with Gasteiger partial charge in [-0.1, -0.05) is 19.1 Å². The van der Waals surface area contributed by atoms with E-state index in [-0.39, 0.29) is 12.5 Å². The lowest BCUT2D eigenvalue weighted by Gasteiger charge is -2.17. The van der Waals surface area contributed by atoms with Crippen LogP contribution in [0, 0.1) is 0 Å². The quantitative estimate of drug-likeness (QED) is 0.697. The lowest BCUT2D eigenvalue weighted by molar-refractivity contribution is -0.137. The minimum absolute atomic E-state index is 0.214. The second-order valence-corrected chi connectivity index (χ2v) is 4.19. The third kappa shape index (κ3) is 4.75. The van der Waals surface area contributed by atoms with Gasteiger partial charge in [0, 0.05) is 12.5 Å². The van der Waals surface area contributed by atoms with Crippen LogP contribution in [0.4, 0.5) is 0 Å². The molecule has 0 radical (unpaired) electrons. The number of carbonyl (C=O) groups is 1. The van der Waals surface area contributed by atoms with Gasteiger partial charge in [0.2, 0.25) is 0 Å². The van der Waals surface area contributed by atoms with Gasteiger partial charge in [0.1, 0.15) is 5.75 Å². The summed E-state index contributed by atoms with van der Waals surface area (Å²) in [5.41, 5.74) is 1.20. The van der Waals surface area contributed by atoms with Crippen LogP contribution in [0.3, 0.4) is 0 Å². The maximum absolute atomic E-state index is 10.4. The fourth-order valence-electron chi connectivity index (χ4n) is 1.85. The fourth-order valence-corrected chi connectivity index (χ4v) is 1.85. The zero-order chi connectivity index (χ0) is 13.4. The Hall–Kier alpha value is -1.55. The first kappa shape index (κ1) is 14.5. The summed E-state index contributed by atoms with van der Waals surface area (Å²) in [5.74, 6) is 0.105. The zero-order valence-corrected chi connectivity index (χ0v) is 11.0. The van der Waals surface area contributed by atoms with E-state index in [4.69, 9.17) is 9.84 Å². The molecule has 4 nitrogen and oxygen atoms in total. The molecule has 0 fully saturated rings. The smallest absolute Gasteiger partial charge is 0.303 e. The van der Waals surface area contributed by atoms with Gasteiger partial charge < -0.3 is 15.2 Å². The average molecular weight is 251 g/mol. The number of aliphatic carboxylic acids is 1. The number of methoxy groups -OCH3 is 1. The van der Waals surface area contributed by atoms with Crippen molar-refractivity contribution < 1.29 is 14.6 Å². The first-order chi connectivity index (χ1) is 8.67. The molecule has 1 aromatic carbocycles. The maximum atomic E-state index is 10.4. The van der Waals surface area contributed by atoms with Crippen LogP contribution >= 0.6 is 0 Å². The summed E-state index contributed by atoms with van der Waals surface area (Å²) in [6.45, 7) is 2.83. The van der Waals surface area contributed by atoms with Gasteiger partial charge >= 0.3 is 5.97 Å². The molecule has 4 heteroatoms. The number of hydrogen-bond acceptors (Lipinski definition) is 3. The van der Waals surface area contributed by atoms with Crippen LogP contribution in [0.5, 0.6) is 5.75 Å². The summed E-state index contributed by atoms with van der Waals surface area (Å²) < 4.78 is 5.12. The summed E-state index contributed by atoms with van der Waals surface area (Å²) in [4.78, 5) is 10.4. The summed E-state index contributed by atoms with van der Waals surface area (Å²) in [5, 5.41) is 11.9. The Kier molecular flexibility index (Phi) is 6.22. The largest absolute Gasteiger partial charge is 0.497 e. The van der Waals surface area contributed by atoms with Crippen LogP contribution in [-0.4, -0.2) is 24.7 Å². The van der Waals surface area contributed by atoms with Gasteiger partial charge in [-0.05, 0) is 37.1 Å². The molecule has 1 rings (SSSR count). The lowest BCUT2D eigenvalue weighted by Crippen LogP contribution is -2.22. The maximum Gasteiger partial charge on any atom is 0.303 e. The number of rotatable bonds is 8.